The van der Waals surface area contributed by atoms with Crippen LogP contribution in [-0.4, -0.2) is 10.5 Å². The van der Waals surface area contributed by atoms with Gasteiger partial charge < -0.3 is 4.42 Å². The standard InChI is InChI=1S/C10H16OS2/c1-6-5-10(7(2)11-6)13-9(4)8(3)12/h5,8-9,12H,1-4H3. The third-order valence-corrected chi connectivity index (χ3v) is 4.08. The molecule has 2 unspecified atom stereocenters. The Morgan fingerprint density at radius 1 is 1.38 bits per heavy atom. The quantitative estimate of drug-likeness (QED) is 0.611. The maximum absolute atomic E-state index is 5.45. The van der Waals surface area contributed by atoms with Crippen molar-refractivity contribution in [1.29, 1.82) is 0 Å². The van der Waals surface area contributed by atoms with Crippen LogP contribution in [0.1, 0.15) is 25.4 Å². The first kappa shape index (κ1) is 11.1. The van der Waals surface area contributed by atoms with Crippen LogP contribution in [0, 0.1) is 13.8 Å². The van der Waals surface area contributed by atoms with Gasteiger partial charge in [0.25, 0.3) is 0 Å². The van der Waals surface area contributed by atoms with Crippen LogP contribution >= 0.6 is 24.4 Å². The van der Waals surface area contributed by atoms with Gasteiger partial charge in [-0.25, -0.2) is 0 Å². The third-order valence-electron chi connectivity index (χ3n) is 1.99. The van der Waals surface area contributed by atoms with E-state index in [2.05, 4.69) is 32.5 Å². The highest BCUT2D eigenvalue weighted by molar-refractivity contribution is 8.00. The first-order valence-corrected chi connectivity index (χ1v) is 5.82. The van der Waals surface area contributed by atoms with Crippen molar-refractivity contribution in [3.05, 3.63) is 17.6 Å². The molecule has 0 aliphatic heterocycles. The molecule has 0 bridgehead atoms. The lowest BCUT2D eigenvalue weighted by Crippen LogP contribution is -2.08. The fraction of sp³-hybridized carbons (Fsp3) is 0.600. The lowest BCUT2D eigenvalue weighted by Gasteiger charge is -2.12. The summed E-state index contributed by atoms with van der Waals surface area (Å²) in [6, 6.07) is 2.09. The number of furan rings is 1. The molecule has 1 aromatic rings. The van der Waals surface area contributed by atoms with Gasteiger partial charge in [0.2, 0.25) is 0 Å². The lowest BCUT2D eigenvalue weighted by molar-refractivity contribution is 0.498. The molecule has 0 aliphatic rings. The van der Waals surface area contributed by atoms with Crippen molar-refractivity contribution >= 4 is 24.4 Å². The van der Waals surface area contributed by atoms with Gasteiger partial charge in [0.1, 0.15) is 11.5 Å². The van der Waals surface area contributed by atoms with Crippen molar-refractivity contribution in [2.75, 3.05) is 0 Å². The van der Waals surface area contributed by atoms with Crippen LogP contribution in [0.3, 0.4) is 0 Å². The highest BCUT2D eigenvalue weighted by Gasteiger charge is 2.13. The molecule has 0 fully saturated rings. The highest BCUT2D eigenvalue weighted by Crippen LogP contribution is 2.31. The number of thioether (sulfide) groups is 1. The molecule has 1 aromatic heterocycles. The Hall–Kier alpha value is -0.0200. The smallest absolute Gasteiger partial charge is 0.114 e. The summed E-state index contributed by atoms with van der Waals surface area (Å²) in [5, 5.41) is 0.915. The summed E-state index contributed by atoms with van der Waals surface area (Å²) in [7, 11) is 0. The van der Waals surface area contributed by atoms with E-state index < -0.39 is 0 Å². The maximum Gasteiger partial charge on any atom is 0.114 e. The Labute approximate surface area is 89.7 Å². The molecule has 1 nitrogen and oxygen atoms in total. The third kappa shape index (κ3) is 2.99. The van der Waals surface area contributed by atoms with Gasteiger partial charge in [0.15, 0.2) is 0 Å². The van der Waals surface area contributed by atoms with Gasteiger partial charge in [-0.15, -0.1) is 11.8 Å². The molecule has 0 aromatic carbocycles. The zero-order chi connectivity index (χ0) is 10.0. The molecule has 0 radical (unpaired) electrons. The number of hydrogen-bond acceptors (Lipinski definition) is 3. The van der Waals surface area contributed by atoms with Crippen LogP contribution in [0.25, 0.3) is 0 Å². The van der Waals surface area contributed by atoms with Crippen LogP contribution in [0.15, 0.2) is 15.4 Å². The minimum Gasteiger partial charge on any atom is -0.465 e. The van der Waals surface area contributed by atoms with Crippen LogP contribution in [0.5, 0.6) is 0 Å². The van der Waals surface area contributed by atoms with Crippen molar-refractivity contribution < 1.29 is 4.42 Å². The lowest BCUT2D eigenvalue weighted by atomic mass is 10.4. The first-order chi connectivity index (χ1) is 6.00. The summed E-state index contributed by atoms with van der Waals surface area (Å²) in [6.45, 7) is 8.28. The molecule has 0 spiro atoms. The van der Waals surface area contributed by atoms with E-state index in [0.29, 0.717) is 10.5 Å². The van der Waals surface area contributed by atoms with E-state index in [1.807, 2.05) is 25.6 Å². The Kier molecular flexibility index (Phi) is 3.80. The molecule has 13 heavy (non-hydrogen) atoms. The van der Waals surface area contributed by atoms with Crippen LogP contribution < -0.4 is 0 Å². The second-order valence-electron chi connectivity index (χ2n) is 3.34. The molecule has 0 N–H and O–H groups in total. The summed E-state index contributed by atoms with van der Waals surface area (Å²) in [4.78, 5) is 1.24. The largest absolute Gasteiger partial charge is 0.465 e. The molecule has 1 heterocycles. The Morgan fingerprint density at radius 2 is 2.00 bits per heavy atom. The van der Waals surface area contributed by atoms with Crippen LogP contribution in [0.2, 0.25) is 0 Å². The first-order valence-electron chi connectivity index (χ1n) is 4.42. The number of hydrogen-bond donors (Lipinski definition) is 1. The summed E-state index contributed by atoms with van der Waals surface area (Å²) < 4.78 is 5.45. The van der Waals surface area contributed by atoms with Crippen LogP contribution in [-0.2, 0) is 0 Å². The Bertz CT molecular complexity index is 278. The normalized spacial score (nSPS) is 15.8. The van der Waals surface area contributed by atoms with Gasteiger partial charge in [0.05, 0.1) is 0 Å². The van der Waals surface area contributed by atoms with Crippen molar-refractivity contribution in [3.8, 4) is 0 Å². The molecule has 74 valence electrons. The van der Waals surface area contributed by atoms with E-state index in [-0.39, 0.29) is 0 Å². The number of thiol groups is 1. The zero-order valence-electron chi connectivity index (χ0n) is 8.50. The van der Waals surface area contributed by atoms with Gasteiger partial charge in [-0.1, -0.05) is 13.8 Å². The SMILES string of the molecule is Cc1cc(SC(C)C(C)S)c(C)o1. The average molecular weight is 216 g/mol. The van der Waals surface area contributed by atoms with E-state index in [1.165, 1.54) is 4.90 Å². The molecule has 2 atom stereocenters. The average Bonchev–Trinajstić information content (AvgIpc) is 2.30. The molecule has 0 saturated carbocycles. The van der Waals surface area contributed by atoms with Crippen molar-refractivity contribution in [2.24, 2.45) is 0 Å². The van der Waals surface area contributed by atoms with Gasteiger partial charge in [-0.2, -0.15) is 12.6 Å². The highest BCUT2D eigenvalue weighted by atomic mass is 32.2. The predicted molar refractivity (Wildman–Crippen MR) is 61.9 cm³/mol. The van der Waals surface area contributed by atoms with E-state index in [4.69, 9.17) is 4.42 Å². The topological polar surface area (TPSA) is 13.1 Å². The summed E-state index contributed by atoms with van der Waals surface area (Å²) >= 11 is 6.24. The molecular weight excluding hydrogens is 200 g/mol. The van der Waals surface area contributed by atoms with E-state index in [1.54, 1.807) is 0 Å². The second-order valence-corrected chi connectivity index (χ2v) is 5.57. The summed E-state index contributed by atoms with van der Waals surface area (Å²) in [6.07, 6.45) is 0. The summed E-state index contributed by atoms with van der Waals surface area (Å²) in [5.74, 6) is 2.00. The van der Waals surface area contributed by atoms with Crippen molar-refractivity contribution in [1.82, 2.24) is 0 Å². The second kappa shape index (κ2) is 4.47. The monoisotopic (exact) mass is 216 g/mol. The molecular formula is C10H16OS2. The zero-order valence-corrected chi connectivity index (χ0v) is 10.2. The van der Waals surface area contributed by atoms with Crippen LogP contribution in [0.4, 0.5) is 0 Å². The minimum absolute atomic E-state index is 0.402. The van der Waals surface area contributed by atoms with E-state index >= 15 is 0 Å². The van der Waals surface area contributed by atoms with Gasteiger partial charge in [0, 0.05) is 15.4 Å². The van der Waals surface area contributed by atoms with E-state index in [9.17, 15) is 0 Å². The predicted octanol–water partition coefficient (Wildman–Crippen LogP) is 3.70. The van der Waals surface area contributed by atoms with Gasteiger partial charge in [-0.05, 0) is 19.9 Å². The molecule has 3 heteroatoms. The van der Waals surface area contributed by atoms with Gasteiger partial charge >= 0.3 is 0 Å². The molecule has 0 amide bonds. The van der Waals surface area contributed by atoms with Gasteiger partial charge in [-0.3, -0.25) is 0 Å². The Morgan fingerprint density at radius 3 is 2.38 bits per heavy atom. The molecule has 0 aliphatic carbocycles. The Balaban J connectivity index is 2.68. The fourth-order valence-electron chi connectivity index (χ4n) is 1.02. The number of rotatable bonds is 3. The van der Waals surface area contributed by atoms with Crippen molar-refractivity contribution in [3.63, 3.8) is 0 Å². The van der Waals surface area contributed by atoms with E-state index in [0.717, 1.165) is 11.5 Å². The number of aryl methyl sites for hydroxylation is 2. The molecule has 1 rings (SSSR count). The molecule has 0 saturated heterocycles. The maximum atomic E-state index is 5.45. The fourth-order valence-corrected chi connectivity index (χ4v) is 2.24. The summed E-state index contributed by atoms with van der Waals surface area (Å²) in [5.41, 5.74) is 0. The minimum atomic E-state index is 0.402. The van der Waals surface area contributed by atoms with Crippen molar-refractivity contribution in [2.45, 2.75) is 43.1 Å².